The lowest BCUT2D eigenvalue weighted by Gasteiger charge is -2.12. The molecule has 0 aliphatic heterocycles. The highest BCUT2D eigenvalue weighted by Gasteiger charge is 2.22. The largest absolute Gasteiger partial charge is 0.481 e. The van der Waals surface area contributed by atoms with Gasteiger partial charge < -0.3 is 54.1 Å². The molecule has 0 radical (unpaired) electrons. The molecule has 360 valence electrons. The molecule has 0 saturated carbocycles. The molecule has 0 rings (SSSR count). The van der Waals surface area contributed by atoms with Gasteiger partial charge in [0.05, 0.1) is 58.8 Å². The summed E-state index contributed by atoms with van der Waals surface area (Å²) in [5.41, 5.74) is 0. The third-order valence-corrected chi connectivity index (χ3v) is 9.82. The number of carbonyl (C=O) groups excluding carboxylic acids is 5. The van der Waals surface area contributed by atoms with E-state index >= 15 is 0 Å². The number of ketones is 2. The lowest BCUT2D eigenvalue weighted by atomic mass is 9.94. The van der Waals surface area contributed by atoms with E-state index in [2.05, 4.69) is 10.6 Å². The van der Waals surface area contributed by atoms with Crippen molar-refractivity contribution < 1.29 is 72.2 Å². The highest BCUT2D eigenvalue weighted by Crippen LogP contribution is 2.17. The SMILES string of the molecule is O=CCOCCOCCNC(=O)COCCOCCCC(=O)COCCOCCNC(=O)CC[C@H](CC(=O)CCCCCCCCCCCCCCCCCCC(=O)O)C(=O)O. The number of aliphatic carboxylic acids is 2. The van der Waals surface area contributed by atoms with Crippen LogP contribution in [0.3, 0.4) is 0 Å². The van der Waals surface area contributed by atoms with E-state index in [0.717, 1.165) is 44.9 Å². The lowest BCUT2D eigenvalue weighted by Crippen LogP contribution is -2.31. The normalized spacial score (nSPS) is 11.6. The summed E-state index contributed by atoms with van der Waals surface area (Å²) in [5, 5.41) is 23.6. The Balaban J connectivity index is 3.61. The number of carbonyl (C=O) groups is 7. The number of hydrogen-bond acceptors (Lipinski definition) is 13. The second-order valence-corrected chi connectivity index (χ2v) is 15.4. The number of nitrogens with one attached hydrogen (secondary N) is 2. The van der Waals surface area contributed by atoms with Crippen LogP contribution in [0.5, 0.6) is 0 Å². The third-order valence-electron chi connectivity index (χ3n) is 9.82. The predicted molar refractivity (Wildman–Crippen MR) is 232 cm³/mol. The molecule has 4 N–H and O–H groups in total. The Morgan fingerprint density at radius 2 is 0.871 bits per heavy atom. The van der Waals surface area contributed by atoms with Crippen LogP contribution in [0.1, 0.15) is 148 Å². The van der Waals surface area contributed by atoms with E-state index in [1.807, 2.05) is 0 Å². The van der Waals surface area contributed by atoms with Gasteiger partial charge in [-0.1, -0.05) is 89.9 Å². The van der Waals surface area contributed by atoms with Gasteiger partial charge in [-0.2, -0.15) is 0 Å². The zero-order chi connectivity index (χ0) is 45.6. The summed E-state index contributed by atoms with van der Waals surface area (Å²) >= 11 is 0. The molecule has 0 saturated heterocycles. The Hall–Kier alpha value is -3.35. The van der Waals surface area contributed by atoms with Crippen LogP contribution < -0.4 is 10.6 Å². The minimum absolute atomic E-state index is 0.00552. The molecule has 0 aliphatic carbocycles. The van der Waals surface area contributed by atoms with Crippen molar-refractivity contribution in [2.45, 2.75) is 148 Å². The lowest BCUT2D eigenvalue weighted by molar-refractivity contribution is -0.144. The van der Waals surface area contributed by atoms with Gasteiger partial charge in [-0.05, 0) is 25.7 Å². The van der Waals surface area contributed by atoms with Crippen LogP contribution in [-0.4, -0.2) is 144 Å². The highest BCUT2D eigenvalue weighted by molar-refractivity contribution is 5.84. The Labute approximate surface area is 369 Å². The molecule has 62 heavy (non-hydrogen) atoms. The minimum atomic E-state index is -1.07. The Morgan fingerprint density at radius 3 is 1.39 bits per heavy atom. The van der Waals surface area contributed by atoms with E-state index in [1.165, 1.54) is 57.8 Å². The fraction of sp³-hybridized carbons (Fsp3) is 0.844. The standard InChI is InChI=1S/C45H80N2O15/c48-25-29-60-31-30-58-28-24-47-43(52)38-62-35-32-57-26-17-19-41(50)37-61-34-33-59-27-23-46-42(51)22-21-39(45(55)56)36-40(49)18-15-13-11-9-7-5-3-1-2-4-6-8-10-12-14-16-20-44(53)54/h25,39H,1-24,26-38H2,(H,46,51)(H,47,52)(H,53,54)(H,55,56)/t39-/m1/s1. The summed E-state index contributed by atoms with van der Waals surface area (Å²) in [5.74, 6) is -3.37. The molecule has 0 aliphatic rings. The Morgan fingerprint density at radius 1 is 0.435 bits per heavy atom. The number of carboxylic acids is 2. The second-order valence-electron chi connectivity index (χ2n) is 15.4. The number of carboxylic acid groups (broad SMARTS) is 2. The first-order chi connectivity index (χ1) is 30.1. The molecular weight excluding hydrogens is 808 g/mol. The van der Waals surface area contributed by atoms with E-state index in [-0.39, 0.29) is 108 Å². The van der Waals surface area contributed by atoms with Gasteiger partial charge in [0.2, 0.25) is 11.8 Å². The van der Waals surface area contributed by atoms with Crippen molar-refractivity contribution >= 4 is 41.6 Å². The first kappa shape index (κ1) is 58.6. The number of unbranched alkanes of at least 4 members (excludes halogenated alkanes) is 15. The van der Waals surface area contributed by atoms with Crippen molar-refractivity contribution in [3.05, 3.63) is 0 Å². The molecule has 0 heterocycles. The summed E-state index contributed by atoms with van der Waals surface area (Å²) in [6.07, 6.45) is 20.3. The van der Waals surface area contributed by atoms with Crippen molar-refractivity contribution in [3.63, 3.8) is 0 Å². The van der Waals surface area contributed by atoms with Crippen molar-refractivity contribution in [2.24, 2.45) is 5.92 Å². The molecule has 0 aromatic carbocycles. The van der Waals surface area contributed by atoms with Crippen LogP contribution >= 0.6 is 0 Å². The molecule has 0 spiro atoms. The fourth-order valence-corrected chi connectivity index (χ4v) is 6.32. The van der Waals surface area contributed by atoms with Crippen molar-refractivity contribution in [1.29, 1.82) is 0 Å². The van der Waals surface area contributed by atoms with Gasteiger partial charge in [0, 0.05) is 51.8 Å². The zero-order valence-electron chi connectivity index (χ0n) is 37.5. The molecule has 1 atom stereocenters. The Bertz CT molecular complexity index is 1160. The van der Waals surface area contributed by atoms with Crippen LogP contribution in [0, 0.1) is 5.92 Å². The van der Waals surface area contributed by atoms with Gasteiger partial charge >= 0.3 is 11.9 Å². The van der Waals surface area contributed by atoms with E-state index in [1.54, 1.807) is 0 Å². The summed E-state index contributed by atoms with van der Waals surface area (Å²) in [7, 11) is 0. The first-order valence-corrected chi connectivity index (χ1v) is 23.1. The second kappa shape index (κ2) is 45.7. The molecule has 0 aromatic rings. The molecule has 17 heteroatoms. The van der Waals surface area contributed by atoms with Crippen LogP contribution in [0.2, 0.25) is 0 Å². The monoisotopic (exact) mass is 889 g/mol. The topological polar surface area (TPSA) is 239 Å². The number of amides is 2. The molecule has 2 amide bonds. The quantitative estimate of drug-likeness (QED) is 0.0441. The number of Topliss-reactive ketones (excluding diaryl/α,β-unsaturated/α-hetero) is 2. The molecule has 17 nitrogen and oxygen atoms in total. The average molecular weight is 889 g/mol. The molecular formula is C45H80N2O15. The zero-order valence-corrected chi connectivity index (χ0v) is 37.5. The van der Waals surface area contributed by atoms with Crippen LogP contribution in [0.4, 0.5) is 0 Å². The third kappa shape index (κ3) is 44.7. The highest BCUT2D eigenvalue weighted by atomic mass is 16.5. The number of ether oxygens (including phenoxy) is 6. The van der Waals surface area contributed by atoms with Crippen molar-refractivity contribution in [3.8, 4) is 0 Å². The maximum Gasteiger partial charge on any atom is 0.306 e. The minimum Gasteiger partial charge on any atom is -0.481 e. The summed E-state index contributed by atoms with van der Waals surface area (Å²) in [4.78, 5) is 80.8. The summed E-state index contributed by atoms with van der Waals surface area (Å²) in [6.45, 7) is 2.99. The Kier molecular flexibility index (Phi) is 43.2. The van der Waals surface area contributed by atoms with Crippen LogP contribution in [0.15, 0.2) is 0 Å². The van der Waals surface area contributed by atoms with E-state index in [0.29, 0.717) is 58.5 Å². The van der Waals surface area contributed by atoms with Gasteiger partial charge in [-0.25, -0.2) is 0 Å². The molecule has 0 bridgehead atoms. The predicted octanol–water partition coefficient (Wildman–Crippen LogP) is 5.41. The average Bonchev–Trinajstić information content (AvgIpc) is 3.24. The summed E-state index contributed by atoms with van der Waals surface area (Å²) < 4.78 is 31.6. The summed E-state index contributed by atoms with van der Waals surface area (Å²) in [6, 6.07) is 0. The first-order valence-electron chi connectivity index (χ1n) is 23.1. The smallest absolute Gasteiger partial charge is 0.306 e. The van der Waals surface area contributed by atoms with Gasteiger partial charge in [0.25, 0.3) is 0 Å². The van der Waals surface area contributed by atoms with E-state index in [4.69, 9.17) is 33.5 Å². The maximum absolute atomic E-state index is 12.5. The molecule has 0 aromatic heterocycles. The number of hydrogen-bond donors (Lipinski definition) is 4. The van der Waals surface area contributed by atoms with Crippen molar-refractivity contribution in [2.75, 3.05) is 92.4 Å². The van der Waals surface area contributed by atoms with Gasteiger partial charge in [-0.15, -0.1) is 0 Å². The number of rotatable bonds is 50. The van der Waals surface area contributed by atoms with Gasteiger partial charge in [-0.3, -0.25) is 28.8 Å². The van der Waals surface area contributed by atoms with Gasteiger partial charge in [0.15, 0.2) is 5.78 Å². The molecule has 0 unspecified atom stereocenters. The van der Waals surface area contributed by atoms with Crippen molar-refractivity contribution in [1.82, 2.24) is 10.6 Å². The van der Waals surface area contributed by atoms with E-state index < -0.39 is 17.9 Å². The van der Waals surface area contributed by atoms with E-state index in [9.17, 15) is 38.7 Å². The molecule has 0 fully saturated rings. The van der Waals surface area contributed by atoms with Gasteiger partial charge in [0.1, 0.15) is 31.9 Å². The van der Waals surface area contributed by atoms with Crippen LogP contribution in [0.25, 0.3) is 0 Å². The fourth-order valence-electron chi connectivity index (χ4n) is 6.32. The number of aldehydes is 1. The maximum atomic E-state index is 12.5. The van der Waals surface area contributed by atoms with Crippen LogP contribution in [-0.2, 0) is 62.0 Å².